The van der Waals surface area contributed by atoms with Gasteiger partial charge in [0.25, 0.3) is 0 Å². The van der Waals surface area contributed by atoms with Gasteiger partial charge in [-0.05, 0) is 51.1 Å². The number of ether oxygens (including phenoxy) is 2. The maximum atomic E-state index is 11.8. The molecule has 0 aliphatic carbocycles. The summed E-state index contributed by atoms with van der Waals surface area (Å²) in [6.45, 7) is 5.97. The summed E-state index contributed by atoms with van der Waals surface area (Å²) in [5.41, 5.74) is 1.71. The van der Waals surface area contributed by atoms with Gasteiger partial charge in [0.15, 0.2) is 0 Å². The highest BCUT2D eigenvalue weighted by Gasteiger charge is 2.11. The van der Waals surface area contributed by atoms with Crippen LogP contribution >= 0.6 is 11.8 Å². The quantitative estimate of drug-likeness (QED) is 0.748. The second-order valence-electron chi connectivity index (χ2n) is 5.27. The van der Waals surface area contributed by atoms with Crippen molar-refractivity contribution in [1.82, 2.24) is 0 Å². The molecule has 0 bridgehead atoms. The van der Waals surface area contributed by atoms with Gasteiger partial charge in [-0.3, -0.25) is 0 Å². The van der Waals surface area contributed by atoms with Crippen molar-refractivity contribution in [2.24, 2.45) is 0 Å². The van der Waals surface area contributed by atoms with Gasteiger partial charge in [-0.15, -0.1) is 0 Å². The molecule has 3 nitrogen and oxygen atoms in total. The number of carbonyl (C=O) groups excluding carboxylic acids is 1. The first kappa shape index (κ1) is 16.4. The largest absolute Gasteiger partial charge is 0.491 e. The van der Waals surface area contributed by atoms with Gasteiger partial charge in [-0.25, -0.2) is 4.79 Å². The van der Waals surface area contributed by atoms with Crippen molar-refractivity contribution in [2.75, 3.05) is 7.11 Å². The Morgan fingerprint density at radius 1 is 1.05 bits per heavy atom. The molecule has 2 aromatic carbocycles. The van der Waals surface area contributed by atoms with Crippen molar-refractivity contribution in [3.63, 3.8) is 0 Å². The predicted octanol–water partition coefficient (Wildman–Crippen LogP) is 4.72. The smallest absolute Gasteiger partial charge is 0.338 e. The second-order valence-corrected chi connectivity index (χ2v) is 6.41. The molecule has 0 saturated carbocycles. The maximum absolute atomic E-state index is 11.8. The lowest BCUT2D eigenvalue weighted by Crippen LogP contribution is -2.07. The Hall–Kier alpha value is -1.94. The summed E-state index contributed by atoms with van der Waals surface area (Å²) in [7, 11) is 1.38. The molecule has 0 spiro atoms. The molecule has 0 heterocycles. The fourth-order valence-electron chi connectivity index (χ4n) is 1.95. The average Bonchev–Trinajstić information content (AvgIpc) is 2.48. The number of methoxy groups -OCH3 is 1. The van der Waals surface area contributed by atoms with Crippen LogP contribution in [0.1, 0.15) is 29.8 Å². The van der Waals surface area contributed by atoms with Crippen LogP contribution in [0.15, 0.2) is 52.3 Å². The van der Waals surface area contributed by atoms with E-state index in [1.54, 1.807) is 17.8 Å². The van der Waals surface area contributed by atoms with E-state index in [1.807, 2.05) is 26.0 Å². The summed E-state index contributed by atoms with van der Waals surface area (Å²) in [5.74, 6) is 0.312. The minimum absolute atomic E-state index is 0.0464. The van der Waals surface area contributed by atoms with E-state index in [9.17, 15) is 4.79 Å². The van der Waals surface area contributed by atoms with E-state index in [4.69, 9.17) is 9.47 Å². The molecule has 0 unspecified atom stereocenters. The summed E-state index contributed by atoms with van der Waals surface area (Å²) in [5, 5.41) is 0. The van der Waals surface area contributed by atoms with E-state index in [0.717, 1.165) is 9.79 Å². The summed E-state index contributed by atoms with van der Waals surface area (Å²) in [4.78, 5) is 13.9. The molecule has 0 saturated heterocycles. The number of hydrogen-bond donors (Lipinski definition) is 0. The Labute approximate surface area is 135 Å². The standard InChI is InChI=1S/C18H20O3S/c1-12(2)21-15-9-14(18(19)20-4)10-17(11-15)22-16-7-5-13(3)6-8-16/h5-12H,1-4H3. The van der Waals surface area contributed by atoms with Crippen LogP contribution in [0.2, 0.25) is 0 Å². The molecule has 2 rings (SSSR count). The molecule has 4 heteroatoms. The van der Waals surface area contributed by atoms with Gasteiger partial charge in [0.1, 0.15) is 5.75 Å². The van der Waals surface area contributed by atoms with Crippen LogP contribution in [-0.2, 0) is 4.74 Å². The zero-order valence-corrected chi connectivity index (χ0v) is 14.1. The number of carbonyl (C=O) groups is 1. The molecular formula is C18H20O3S. The maximum Gasteiger partial charge on any atom is 0.338 e. The molecule has 0 fully saturated rings. The van der Waals surface area contributed by atoms with Crippen molar-refractivity contribution in [2.45, 2.75) is 36.7 Å². The van der Waals surface area contributed by atoms with Crippen LogP contribution in [0.4, 0.5) is 0 Å². The molecule has 0 aromatic heterocycles. The Balaban J connectivity index is 2.32. The Bertz CT molecular complexity index is 648. The van der Waals surface area contributed by atoms with Crippen LogP contribution in [-0.4, -0.2) is 19.2 Å². The first-order valence-corrected chi connectivity index (χ1v) is 7.94. The average molecular weight is 316 g/mol. The molecule has 22 heavy (non-hydrogen) atoms. The lowest BCUT2D eigenvalue weighted by atomic mass is 10.2. The summed E-state index contributed by atoms with van der Waals surface area (Å²) in [6.07, 6.45) is 0.0464. The van der Waals surface area contributed by atoms with Crippen LogP contribution < -0.4 is 4.74 Å². The van der Waals surface area contributed by atoms with Crippen LogP contribution in [0.3, 0.4) is 0 Å². The van der Waals surface area contributed by atoms with Gasteiger partial charge in [-0.2, -0.15) is 0 Å². The highest BCUT2D eigenvalue weighted by Crippen LogP contribution is 2.32. The molecule has 2 aromatic rings. The highest BCUT2D eigenvalue weighted by atomic mass is 32.2. The molecular weight excluding hydrogens is 296 g/mol. The minimum Gasteiger partial charge on any atom is -0.491 e. The molecule has 0 aliphatic heterocycles. The number of aryl methyl sites for hydroxylation is 1. The van der Waals surface area contributed by atoms with Crippen LogP contribution in [0.5, 0.6) is 5.75 Å². The predicted molar refractivity (Wildman–Crippen MR) is 88.8 cm³/mol. The van der Waals surface area contributed by atoms with Crippen molar-refractivity contribution in [3.05, 3.63) is 53.6 Å². The third-order valence-corrected chi connectivity index (χ3v) is 3.91. The molecule has 0 aliphatic rings. The first-order valence-electron chi connectivity index (χ1n) is 7.12. The zero-order valence-electron chi connectivity index (χ0n) is 13.3. The lowest BCUT2D eigenvalue weighted by Gasteiger charge is -2.13. The number of rotatable bonds is 5. The molecule has 0 N–H and O–H groups in total. The molecule has 116 valence electrons. The normalized spacial score (nSPS) is 10.6. The third kappa shape index (κ3) is 4.53. The SMILES string of the molecule is COC(=O)c1cc(OC(C)C)cc(Sc2ccc(C)cc2)c1. The van der Waals surface area contributed by atoms with E-state index >= 15 is 0 Å². The monoisotopic (exact) mass is 316 g/mol. The Morgan fingerprint density at radius 2 is 1.73 bits per heavy atom. The fraction of sp³-hybridized carbons (Fsp3) is 0.278. The van der Waals surface area contributed by atoms with Crippen LogP contribution in [0, 0.1) is 6.92 Å². The first-order chi connectivity index (χ1) is 10.5. The fourth-order valence-corrected chi connectivity index (χ4v) is 2.85. The van der Waals surface area contributed by atoms with Crippen molar-refractivity contribution in [3.8, 4) is 5.75 Å². The topological polar surface area (TPSA) is 35.5 Å². The van der Waals surface area contributed by atoms with Crippen molar-refractivity contribution >= 4 is 17.7 Å². The number of esters is 1. The molecule has 0 amide bonds. The van der Waals surface area contributed by atoms with Gasteiger partial charge in [0.2, 0.25) is 0 Å². The third-order valence-electron chi connectivity index (χ3n) is 2.93. The van der Waals surface area contributed by atoms with Gasteiger partial charge in [-0.1, -0.05) is 29.5 Å². The van der Waals surface area contributed by atoms with Gasteiger partial charge < -0.3 is 9.47 Å². The van der Waals surface area contributed by atoms with E-state index in [0.29, 0.717) is 11.3 Å². The molecule has 0 radical (unpaired) electrons. The van der Waals surface area contributed by atoms with E-state index in [1.165, 1.54) is 12.7 Å². The summed E-state index contributed by atoms with van der Waals surface area (Å²) in [6, 6.07) is 13.7. The van der Waals surface area contributed by atoms with Gasteiger partial charge in [0.05, 0.1) is 18.8 Å². The lowest BCUT2D eigenvalue weighted by molar-refractivity contribution is 0.0599. The Kier molecular flexibility index (Phi) is 5.50. The van der Waals surface area contributed by atoms with Crippen molar-refractivity contribution in [1.29, 1.82) is 0 Å². The Morgan fingerprint density at radius 3 is 2.32 bits per heavy atom. The second kappa shape index (κ2) is 7.36. The van der Waals surface area contributed by atoms with Gasteiger partial charge in [0, 0.05) is 9.79 Å². The highest BCUT2D eigenvalue weighted by molar-refractivity contribution is 7.99. The summed E-state index contributed by atoms with van der Waals surface area (Å²) >= 11 is 1.59. The molecule has 0 atom stereocenters. The zero-order chi connectivity index (χ0) is 16.1. The minimum atomic E-state index is -0.361. The summed E-state index contributed by atoms with van der Waals surface area (Å²) < 4.78 is 10.5. The van der Waals surface area contributed by atoms with Gasteiger partial charge >= 0.3 is 5.97 Å². The number of benzene rings is 2. The van der Waals surface area contributed by atoms with Crippen LogP contribution in [0.25, 0.3) is 0 Å². The number of hydrogen-bond acceptors (Lipinski definition) is 4. The van der Waals surface area contributed by atoms with Crippen molar-refractivity contribution < 1.29 is 14.3 Å². The van der Waals surface area contributed by atoms with E-state index < -0.39 is 0 Å². The van der Waals surface area contributed by atoms with E-state index in [2.05, 4.69) is 31.2 Å². The van der Waals surface area contributed by atoms with E-state index in [-0.39, 0.29) is 12.1 Å².